The number of nitrogens with zero attached hydrogens (tertiary/aromatic N) is 2. The predicted octanol–water partition coefficient (Wildman–Crippen LogP) is 0.913. The maximum Gasteiger partial charge on any atom is 0.0897 e. The molecular formula is C12H21N3OS. The molecule has 1 aliphatic heterocycles. The summed E-state index contributed by atoms with van der Waals surface area (Å²) in [6, 6.07) is 0.347. The number of rotatable bonds is 4. The third-order valence-corrected chi connectivity index (χ3v) is 4.03. The second-order valence-corrected chi connectivity index (χ2v) is 5.69. The summed E-state index contributed by atoms with van der Waals surface area (Å²) < 4.78 is 5.85. The SMILES string of the molecule is CNC(Cc1csc(C)n1)C1CN(C)CCO1. The predicted molar refractivity (Wildman–Crippen MR) is 70.6 cm³/mol. The molecule has 5 heteroatoms. The van der Waals surface area contributed by atoms with Crippen LogP contribution in [0.3, 0.4) is 0 Å². The first-order valence-electron chi connectivity index (χ1n) is 6.07. The fourth-order valence-electron chi connectivity index (χ4n) is 2.20. The summed E-state index contributed by atoms with van der Waals surface area (Å²) >= 11 is 1.71. The van der Waals surface area contributed by atoms with Gasteiger partial charge < -0.3 is 15.0 Å². The Morgan fingerprint density at radius 1 is 1.71 bits per heavy atom. The zero-order valence-electron chi connectivity index (χ0n) is 10.8. The summed E-state index contributed by atoms with van der Waals surface area (Å²) in [7, 11) is 4.15. The average Bonchev–Trinajstić information content (AvgIpc) is 2.72. The molecule has 2 rings (SSSR count). The highest BCUT2D eigenvalue weighted by Crippen LogP contribution is 2.14. The molecule has 2 heterocycles. The highest BCUT2D eigenvalue weighted by atomic mass is 32.1. The number of hydrogen-bond donors (Lipinski definition) is 1. The van der Waals surface area contributed by atoms with Gasteiger partial charge in [0.15, 0.2) is 0 Å². The second-order valence-electron chi connectivity index (χ2n) is 4.63. The van der Waals surface area contributed by atoms with E-state index in [0.29, 0.717) is 6.04 Å². The van der Waals surface area contributed by atoms with Gasteiger partial charge in [0.25, 0.3) is 0 Å². The van der Waals surface area contributed by atoms with Gasteiger partial charge in [-0.3, -0.25) is 0 Å². The Kier molecular flexibility index (Phi) is 4.50. The summed E-state index contributed by atoms with van der Waals surface area (Å²) in [5.74, 6) is 0. The zero-order valence-corrected chi connectivity index (χ0v) is 11.6. The third kappa shape index (κ3) is 3.48. The molecule has 0 aliphatic carbocycles. The number of aromatic nitrogens is 1. The summed E-state index contributed by atoms with van der Waals surface area (Å²) in [6.07, 6.45) is 1.21. The van der Waals surface area contributed by atoms with E-state index in [1.165, 1.54) is 5.69 Å². The Morgan fingerprint density at radius 2 is 2.53 bits per heavy atom. The van der Waals surface area contributed by atoms with Crippen molar-refractivity contribution >= 4 is 11.3 Å². The lowest BCUT2D eigenvalue weighted by Gasteiger charge is -2.34. The van der Waals surface area contributed by atoms with Crippen molar-refractivity contribution in [2.24, 2.45) is 0 Å². The van der Waals surface area contributed by atoms with Crippen molar-refractivity contribution in [2.75, 3.05) is 33.8 Å². The Bertz CT molecular complexity index is 355. The first-order chi connectivity index (χ1) is 8.19. The molecular weight excluding hydrogens is 234 g/mol. The summed E-state index contributed by atoms with van der Waals surface area (Å²) in [5, 5.41) is 6.64. The summed E-state index contributed by atoms with van der Waals surface area (Å²) in [6.45, 7) is 4.90. The molecule has 1 aliphatic rings. The molecule has 1 aromatic heterocycles. The molecule has 0 bridgehead atoms. The molecule has 17 heavy (non-hydrogen) atoms. The maximum atomic E-state index is 5.85. The Hall–Kier alpha value is -0.490. The van der Waals surface area contributed by atoms with E-state index in [1.54, 1.807) is 11.3 Å². The van der Waals surface area contributed by atoms with E-state index in [0.717, 1.165) is 31.1 Å². The van der Waals surface area contributed by atoms with Gasteiger partial charge in [0.1, 0.15) is 0 Å². The van der Waals surface area contributed by atoms with Crippen LogP contribution >= 0.6 is 11.3 Å². The third-order valence-electron chi connectivity index (χ3n) is 3.21. The van der Waals surface area contributed by atoms with Gasteiger partial charge in [-0.2, -0.15) is 0 Å². The summed E-state index contributed by atoms with van der Waals surface area (Å²) in [4.78, 5) is 6.85. The van der Waals surface area contributed by atoms with Crippen molar-refractivity contribution < 1.29 is 4.74 Å². The van der Waals surface area contributed by atoms with Crippen LogP contribution in [-0.2, 0) is 11.2 Å². The van der Waals surface area contributed by atoms with E-state index in [-0.39, 0.29) is 6.10 Å². The molecule has 1 N–H and O–H groups in total. The molecule has 0 saturated carbocycles. The van der Waals surface area contributed by atoms with Crippen LogP contribution in [-0.4, -0.2) is 55.8 Å². The van der Waals surface area contributed by atoms with Crippen LogP contribution in [0.4, 0.5) is 0 Å². The number of ether oxygens (including phenoxy) is 1. The van der Waals surface area contributed by atoms with Gasteiger partial charge in [-0.05, 0) is 21.0 Å². The van der Waals surface area contributed by atoms with Crippen LogP contribution in [0, 0.1) is 6.92 Å². The fraction of sp³-hybridized carbons (Fsp3) is 0.750. The maximum absolute atomic E-state index is 5.85. The minimum atomic E-state index is 0.265. The van der Waals surface area contributed by atoms with Gasteiger partial charge in [-0.1, -0.05) is 0 Å². The fourth-order valence-corrected chi connectivity index (χ4v) is 2.83. The van der Waals surface area contributed by atoms with E-state index in [4.69, 9.17) is 4.74 Å². The zero-order chi connectivity index (χ0) is 12.3. The minimum Gasteiger partial charge on any atom is -0.374 e. The minimum absolute atomic E-state index is 0.265. The van der Waals surface area contributed by atoms with Crippen molar-refractivity contribution in [1.29, 1.82) is 0 Å². The van der Waals surface area contributed by atoms with Crippen LogP contribution in [0.25, 0.3) is 0 Å². The molecule has 2 unspecified atom stereocenters. The number of morpholine rings is 1. The van der Waals surface area contributed by atoms with Gasteiger partial charge >= 0.3 is 0 Å². The van der Waals surface area contributed by atoms with E-state index >= 15 is 0 Å². The van der Waals surface area contributed by atoms with Crippen LogP contribution in [0.1, 0.15) is 10.7 Å². The Morgan fingerprint density at radius 3 is 3.12 bits per heavy atom. The molecule has 0 spiro atoms. The van der Waals surface area contributed by atoms with Crippen LogP contribution < -0.4 is 5.32 Å². The van der Waals surface area contributed by atoms with Crippen LogP contribution in [0.5, 0.6) is 0 Å². The van der Waals surface area contributed by atoms with Crippen molar-refractivity contribution in [1.82, 2.24) is 15.2 Å². The monoisotopic (exact) mass is 255 g/mol. The van der Waals surface area contributed by atoms with Crippen molar-refractivity contribution in [3.8, 4) is 0 Å². The van der Waals surface area contributed by atoms with E-state index in [2.05, 4.69) is 27.6 Å². The smallest absolute Gasteiger partial charge is 0.0897 e. The molecule has 1 aromatic rings. The molecule has 0 amide bonds. The number of aryl methyl sites for hydroxylation is 1. The van der Waals surface area contributed by atoms with Gasteiger partial charge in [-0.15, -0.1) is 11.3 Å². The second kappa shape index (κ2) is 5.91. The van der Waals surface area contributed by atoms with Gasteiger partial charge in [0, 0.05) is 30.9 Å². The average molecular weight is 255 g/mol. The first kappa shape index (κ1) is 13.0. The number of nitrogens with one attached hydrogen (secondary N) is 1. The first-order valence-corrected chi connectivity index (χ1v) is 6.95. The van der Waals surface area contributed by atoms with Crippen LogP contribution in [0.15, 0.2) is 5.38 Å². The van der Waals surface area contributed by atoms with E-state index in [9.17, 15) is 0 Å². The highest BCUT2D eigenvalue weighted by Gasteiger charge is 2.26. The van der Waals surface area contributed by atoms with Crippen molar-refractivity contribution in [3.63, 3.8) is 0 Å². The molecule has 1 fully saturated rings. The Labute approximate surface area is 107 Å². The van der Waals surface area contributed by atoms with Gasteiger partial charge in [-0.25, -0.2) is 4.98 Å². The van der Waals surface area contributed by atoms with Gasteiger partial charge in [0.2, 0.25) is 0 Å². The number of thiazole rings is 1. The normalized spacial score (nSPS) is 23.8. The quantitative estimate of drug-likeness (QED) is 0.868. The van der Waals surface area contributed by atoms with E-state index < -0.39 is 0 Å². The molecule has 96 valence electrons. The molecule has 0 aromatic carbocycles. The lowest BCUT2D eigenvalue weighted by Crippen LogP contribution is -2.51. The number of hydrogen-bond acceptors (Lipinski definition) is 5. The molecule has 1 saturated heterocycles. The highest BCUT2D eigenvalue weighted by molar-refractivity contribution is 7.09. The lowest BCUT2D eigenvalue weighted by molar-refractivity contribution is -0.0373. The van der Waals surface area contributed by atoms with Gasteiger partial charge in [0.05, 0.1) is 23.4 Å². The van der Waals surface area contributed by atoms with Crippen LogP contribution in [0.2, 0.25) is 0 Å². The standard InChI is InChI=1S/C12H21N3OS/c1-9-14-10(8-17-9)6-11(13-2)12-7-15(3)4-5-16-12/h8,11-13H,4-7H2,1-3H3. The number of likely N-dealkylation sites (N-methyl/N-ethyl adjacent to an activating group) is 2. The van der Waals surface area contributed by atoms with E-state index in [1.807, 2.05) is 14.0 Å². The lowest BCUT2D eigenvalue weighted by atomic mass is 10.0. The topological polar surface area (TPSA) is 37.4 Å². The van der Waals surface area contributed by atoms with Crippen molar-refractivity contribution in [3.05, 3.63) is 16.1 Å². The van der Waals surface area contributed by atoms with Crippen molar-refractivity contribution in [2.45, 2.75) is 25.5 Å². The summed E-state index contributed by atoms with van der Waals surface area (Å²) in [5.41, 5.74) is 1.17. The molecule has 2 atom stereocenters. The molecule has 0 radical (unpaired) electrons. The molecule has 4 nitrogen and oxygen atoms in total. The largest absolute Gasteiger partial charge is 0.374 e. The Balaban J connectivity index is 1.95.